The summed E-state index contributed by atoms with van der Waals surface area (Å²) in [4.78, 5) is 1.85. The van der Waals surface area contributed by atoms with Crippen molar-refractivity contribution in [2.45, 2.75) is 43.9 Å². The zero-order valence-corrected chi connectivity index (χ0v) is 12.7. The van der Waals surface area contributed by atoms with Gasteiger partial charge in [-0.2, -0.15) is 13.2 Å². The zero-order chi connectivity index (χ0) is 15.6. The molecule has 1 aromatic rings. The first kappa shape index (κ1) is 16.3. The molecule has 0 radical (unpaired) electrons. The SMILES string of the molecule is CNC1c2ccccc2C(C)CC1N(C)CCC(F)(F)F. The molecular formula is C16H23F3N2. The summed E-state index contributed by atoms with van der Waals surface area (Å²) in [6.07, 6.45) is -3.98. The molecule has 0 aliphatic heterocycles. The molecule has 1 N–H and O–H groups in total. The summed E-state index contributed by atoms with van der Waals surface area (Å²) < 4.78 is 37.3. The standard InChI is InChI=1S/C16H23F3N2/c1-11-10-14(21(3)9-8-16(17,18)19)15(20-2)13-7-5-4-6-12(11)13/h4-7,11,14-15,20H,8-10H2,1-3H3. The molecule has 3 atom stereocenters. The Morgan fingerprint density at radius 1 is 1.24 bits per heavy atom. The number of hydrogen-bond acceptors (Lipinski definition) is 2. The lowest BCUT2D eigenvalue weighted by Gasteiger charge is -2.41. The van der Waals surface area contributed by atoms with Gasteiger partial charge in [-0.25, -0.2) is 0 Å². The minimum Gasteiger partial charge on any atom is -0.312 e. The minimum absolute atomic E-state index is 0.0429. The Balaban J connectivity index is 2.17. The summed E-state index contributed by atoms with van der Waals surface area (Å²) in [5.74, 6) is 0.365. The quantitative estimate of drug-likeness (QED) is 0.912. The molecule has 0 amide bonds. The number of likely N-dealkylation sites (N-methyl/N-ethyl adjacent to an activating group) is 2. The van der Waals surface area contributed by atoms with Gasteiger partial charge in [0, 0.05) is 18.6 Å². The summed E-state index contributed by atoms with van der Waals surface area (Å²) in [5, 5.41) is 3.29. The molecule has 0 saturated heterocycles. The van der Waals surface area contributed by atoms with E-state index in [1.54, 1.807) is 7.05 Å². The van der Waals surface area contributed by atoms with E-state index in [9.17, 15) is 13.2 Å². The van der Waals surface area contributed by atoms with Crippen molar-refractivity contribution in [2.75, 3.05) is 20.6 Å². The second-order valence-corrected chi connectivity index (χ2v) is 5.95. The highest BCUT2D eigenvalue weighted by molar-refractivity contribution is 5.36. The third kappa shape index (κ3) is 3.77. The van der Waals surface area contributed by atoms with Crippen LogP contribution in [0.5, 0.6) is 0 Å². The summed E-state index contributed by atoms with van der Waals surface area (Å²) in [6, 6.07) is 8.38. The summed E-state index contributed by atoms with van der Waals surface area (Å²) in [6.45, 7) is 2.19. The summed E-state index contributed by atoms with van der Waals surface area (Å²) in [7, 11) is 3.67. The molecule has 5 heteroatoms. The molecule has 3 unspecified atom stereocenters. The molecule has 0 saturated carbocycles. The molecule has 21 heavy (non-hydrogen) atoms. The van der Waals surface area contributed by atoms with Gasteiger partial charge in [-0.05, 0) is 37.6 Å². The molecule has 2 rings (SSSR count). The maximum atomic E-state index is 12.4. The predicted molar refractivity (Wildman–Crippen MR) is 78.4 cm³/mol. The molecule has 0 spiro atoms. The van der Waals surface area contributed by atoms with Crippen molar-refractivity contribution in [1.82, 2.24) is 10.2 Å². The Hall–Kier alpha value is -1.07. The van der Waals surface area contributed by atoms with E-state index in [0.29, 0.717) is 5.92 Å². The number of nitrogens with one attached hydrogen (secondary N) is 1. The van der Waals surface area contributed by atoms with Crippen LogP contribution in [0.1, 0.15) is 42.9 Å². The van der Waals surface area contributed by atoms with Gasteiger partial charge in [-0.3, -0.25) is 0 Å². The number of hydrogen-bond donors (Lipinski definition) is 1. The van der Waals surface area contributed by atoms with Crippen LogP contribution in [-0.2, 0) is 0 Å². The number of nitrogens with zero attached hydrogens (tertiary/aromatic N) is 1. The van der Waals surface area contributed by atoms with Crippen LogP contribution in [0.25, 0.3) is 0 Å². The van der Waals surface area contributed by atoms with Crippen LogP contribution in [0, 0.1) is 0 Å². The fourth-order valence-electron chi connectivity index (χ4n) is 3.33. The number of alkyl halides is 3. The number of fused-ring (bicyclic) bond motifs is 1. The molecule has 0 aromatic heterocycles. The Labute approximate surface area is 124 Å². The number of benzene rings is 1. The molecule has 1 aliphatic rings. The average Bonchev–Trinajstić information content (AvgIpc) is 2.44. The highest BCUT2D eigenvalue weighted by atomic mass is 19.4. The maximum Gasteiger partial charge on any atom is 0.390 e. The molecule has 118 valence electrons. The van der Waals surface area contributed by atoms with Crippen molar-refractivity contribution < 1.29 is 13.2 Å². The van der Waals surface area contributed by atoms with Gasteiger partial charge in [0.2, 0.25) is 0 Å². The van der Waals surface area contributed by atoms with Crippen molar-refractivity contribution in [3.63, 3.8) is 0 Å². The van der Waals surface area contributed by atoms with Crippen molar-refractivity contribution in [2.24, 2.45) is 0 Å². The van der Waals surface area contributed by atoms with Gasteiger partial charge < -0.3 is 10.2 Å². The smallest absolute Gasteiger partial charge is 0.312 e. The molecule has 1 aromatic carbocycles. The van der Waals surface area contributed by atoms with E-state index >= 15 is 0 Å². The fraction of sp³-hybridized carbons (Fsp3) is 0.625. The molecular weight excluding hydrogens is 277 g/mol. The van der Waals surface area contributed by atoms with E-state index in [2.05, 4.69) is 24.4 Å². The first-order chi connectivity index (χ1) is 9.83. The summed E-state index contributed by atoms with van der Waals surface area (Å²) in [5.41, 5.74) is 2.51. The van der Waals surface area contributed by atoms with Crippen LogP contribution in [0.4, 0.5) is 13.2 Å². The average molecular weight is 300 g/mol. The van der Waals surface area contributed by atoms with Crippen LogP contribution in [0.3, 0.4) is 0 Å². The van der Waals surface area contributed by atoms with Crippen LogP contribution in [0.15, 0.2) is 24.3 Å². The monoisotopic (exact) mass is 300 g/mol. The number of halogens is 3. The van der Waals surface area contributed by atoms with Gasteiger partial charge >= 0.3 is 6.18 Å². The number of rotatable bonds is 4. The van der Waals surface area contributed by atoms with Gasteiger partial charge in [-0.15, -0.1) is 0 Å². The van der Waals surface area contributed by atoms with Crippen LogP contribution < -0.4 is 5.32 Å². The largest absolute Gasteiger partial charge is 0.390 e. The van der Waals surface area contributed by atoms with E-state index < -0.39 is 12.6 Å². The van der Waals surface area contributed by atoms with Crippen LogP contribution in [0.2, 0.25) is 0 Å². The predicted octanol–water partition coefficient (Wildman–Crippen LogP) is 3.71. The Bertz CT molecular complexity index is 473. The molecule has 0 fully saturated rings. The molecule has 0 bridgehead atoms. The normalized spacial score (nSPS) is 26.0. The molecule has 0 heterocycles. The van der Waals surface area contributed by atoms with E-state index in [-0.39, 0.29) is 18.6 Å². The first-order valence-corrected chi connectivity index (χ1v) is 7.36. The Kier molecular flexibility index (Phi) is 4.94. The molecule has 2 nitrogen and oxygen atoms in total. The van der Waals surface area contributed by atoms with Crippen molar-refractivity contribution in [3.05, 3.63) is 35.4 Å². The van der Waals surface area contributed by atoms with Crippen LogP contribution >= 0.6 is 0 Å². The van der Waals surface area contributed by atoms with Gasteiger partial charge in [0.15, 0.2) is 0 Å². The summed E-state index contributed by atoms with van der Waals surface area (Å²) >= 11 is 0. The third-order valence-corrected chi connectivity index (χ3v) is 4.47. The molecule has 1 aliphatic carbocycles. The Morgan fingerprint density at radius 2 is 1.86 bits per heavy atom. The van der Waals surface area contributed by atoms with Crippen molar-refractivity contribution >= 4 is 0 Å². The lowest BCUT2D eigenvalue weighted by Crippen LogP contribution is -2.46. The second kappa shape index (κ2) is 6.36. The highest BCUT2D eigenvalue weighted by Gasteiger charge is 2.36. The van der Waals surface area contributed by atoms with Gasteiger partial charge in [0.25, 0.3) is 0 Å². The fourth-order valence-corrected chi connectivity index (χ4v) is 3.33. The maximum absolute atomic E-state index is 12.4. The third-order valence-electron chi connectivity index (χ3n) is 4.47. The van der Waals surface area contributed by atoms with E-state index in [0.717, 1.165) is 6.42 Å². The minimum atomic E-state index is -4.10. The van der Waals surface area contributed by atoms with Gasteiger partial charge in [-0.1, -0.05) is 31.2 Å². The van der Waals surface area contributed by atoms with Gasteiger partial charge in [0.05, 0.1) is 6.42 Å². The highest BCUT2D eigenvalue weighted by Crippen LogP contribution is 2.39. The topological polar surface area (TPSA) is 15.3 Å². The van der Waals surface area contributed by atoms with E-state index in [1.165, 1.54) is 11.1 Å². The lowest BCUT2D eigenvalue weighted by atomic mass is 9.77. The first-order valence-electron chi connectivity index (χ1n) is 7.36. The van der Waals surface area contributed by atoms with E-state index in [4.69, 9.17) is 0 Å². The lowest BCUT2D eigenvalue weighted by molar-refractivity contribution is -0.138. The zero-order valence-electron chi connectivity index (χ0n) is 12.7. The van der Waals surface area contributed by atoms with Crippen molar-refractivity contribution in [1.29, 1.82) is 0 Å². The van der Waals surface area contributed by atoms with Crippen molar-refractivity contribution in [3.8, 4) is 0 Å². The second-order valence-electron chi connectivity index (χ2n) is 5.95. The van der Waals surface area contributed by atoms with E-state index in [1.807, 2.05) is 24.1 Å². The Morgan fingerprint density at radius 3 is 2.43 bits per heavy atom. The van der Waals surface area contributed by atoms with Crippen LogP contribution in [-0.4, -0.2) is 37.8 Å². The van der Waals surface area contributed by atoms with Gasteiger partial charge in [0.1, 0.15) is 0 Å².